The molecule has 0 bridgehead atoms. The summed E-state index contributed by atoms with van der Waals surface area (Å²) in [5.41, 5.74) is 7.47. The van der Waals surface area contributed by atoms with Gasteiger partial charge in [0.1, 0.15) is 0 Å². The van der Waals surface area contributed by atoms with Crippen LogP contribution in [0.3, 0.4) is 0 Å². The number of hydrogen-bond donors (Lipinski definition) is 3. The number of rotatable bonds is 7. The zero-order valence-corrected chi connectivity index (χ0v) is 10.3. The molecule has 1 rings (SSSR count). The Bertz CT molecular complexity index is 335. The van der Waals surface area contributed by atoms with Gasteiger partial charge in [0.25, 0.3) is 0 Å². The van der Waals surface area contributed by atoms with Crippen molar-refractivity contribution >= 4 is 11.6 Å². The van der Waals surface area contributed by atoms with Crippen LogP contribution in [0.5, 0.6) is 0 Å². The van der Waals surface area contributed by atoms with E-state index in [1.807, 2.05) is 24.3 Å². The lowest BCUT2D eigenvalue weighted by Gasteiger charge is -2.06. The summed E-state index contributed by atoms with van der Waals surface area (Å²) in [7, 11) is 0. The largest absolute Gasteiger partial charge is 0.330 e. The van der Waals surface area contributed by atoms with E-state index in [4.69, 9.17) is 5.73 Å². The lowest BCUT2D eigenvalue weighted by Crippen LogP contribution is -2.15. The van der Waals surface area contributed by atoms with Gasteiger partial charge in [0, 0.05) is 19.2 Å². The SMILES string of the molecule is CC(=O)Nc1ccc(CNCCCCN)cc1. The van der Waals surface area contributed by atoms with E-state index in [-0.39, 0.29) is 5.91 Å². The number of nitrogens with two attached hydrogens (primary N) is 1. The number of anilines is 1. The number of hydrogen-bond acceptors (Lipinski definition) is 3. The van der Waals surface area contributed by atoms with Crippen LogP contribution in [0.4, 0.5) is 5.69 Å². The molecule has 4 nitrogen and oxygen atoms in total. The van der Waals surface area contributed by atoms with Gasteiger partial charge in [-0.1, -0.05) is 12.1 Å². The van der Waals surface area contributed by atoms with Gasteiger partial charge in [0.2, 0.25) is 5.91 Å². The van der Waals surface area contributed by atoms with Crippen LogP contribution in [-0.4, -0.2) is 19.0 Å². The minimum absolute atomic E-state index is 0.0438. The molecule has 0 fully saturated rings. The van der Waals surface area contributed by atoms with Gasteiger partial charge in [-0.05, 0) is 43.6 Å². The van der Waals surface area contributed by atoms with E-state index in [1.165, 1.54) is 12.5 Å². The monoisotopic (exact) mass is 235 g/mol. The van der Waals surface area contributed by atoms with Crippen LogP contribution < -0.4 is 16.4 Å². The summed E-state index contributed by atoms with van der Waals surface area (Å²) >= 11 is 0. The number of amides is 1. The van der Waals surface area contributed by atoms with Crippen molar-refractivity contribution in [2.75, 3.05) is 18.4 Å². The van der Waals surface area contributed by atoms with E-state index in [9.17, 15) is 4.79 Å². The molecular weight excluding hydrogens is 214 g/mol. The fourth-order valence-corrected chi connectivity index (χ4v) is 1.54. The summed E-state index contributed by atoms with van der Waals surface area (Å²) in [6, 6.07) is 7.86. The smallest absolute Gasteiger partial charge is 0.221 e. The Morgan fingerprint density at radius 2 is 1.94 bits per heavy atom. The Kier molecular flexibility index (Phi) is 6.29. The summed E-state index contributed by atoms with van der Waals surface area (Å²) in [6.07, 6.45) is 2.18. The summed E-state index contributed by atoms with van der Waals surface area (Å²) in [5.74, 6) is -0.0438. The number of carbonyl (C=O) groups is 1. The summed E-state index contributed by atoms with van der Waals surface area (Å²) in [5, 5.41) is 6.10. The van der Waals surface area contributed by atoms with E-state index in [0.717, 1.165) is 38.2 Å². The summed E-state index contributed by atoms with van der Waals surface area (Å²) in [6.45, 7) is 4.11. The Labute approximate surface area is 103 Å². The van der Waals surface area contributed by atoms with Gasteiger partial charge in [-0.2, -0.15) is 0 Å². The van der Waals surface area contributed by atoms with E-state index in [2.05, 4.69) is 10.6 Å². The molecule has 1 aromatic carbocycles. The van der Waals surface area contributed by atoms with Crippen LogP contribution in [0, 0.1) is 0 Å². The molecule has 0 saturated heterocycles. The zero-order chi connectivity index (χ0) is 12.5. The zero-order valence-electron chi connectivity index (χ0n) is 10.3. The highest BCUT2D eigenvalue weighted by atomic mass is 16.1. The first-order valence-corrected chi connectivity index (χ1v) is 5.99. The first-order valence-electron chi connectivity index (χ1n) is 5.99. The number of benzene rings is 1. The minimum atomic E-state index is -0.0438. The number of nitrogens with one attached hydrogen (secondary N) is 2. The Morgan fingerprint density at radius 1 is 1.24 bits per heavy atom. The molecule has 0 unspecified atom stereocenters. The average molecular weight is 235 g/mol. The third-order valence-corrected chi connectivity index (χ3v) is 2.41. The fourth-order valence-electron chi connectivity index (χ4n) is 1.54. The quantitative estimate of drug-likeness (QED) is 0.627. The minimum Gasteiger partial charge on any atom is -0.330 e. The highest BCUT2D eigenvalue weighted by molar-refractivity contribution is 5.88. The molecule has 94 valence electrons. The van der Waals surface area contributed by atoms with Gasteiger partial charge >= 0.3 is 0 Å². The maximum atomic E-state index is 10.8. The van der Waals surface area contributed by atoms with Crippen LogP contribution in [0.1, 0.15) is 25.3 Å². The Balaban J connectivity index is 2.28. The molecule has 0 aliphatic carbocycles. The van der Waals surface area contributed by atoms with Crippen LogP contribution >= 0.6 is 0 Å². The van der Waals surface area contributed by atoms with Crippen molar-refractivity contribution in [3.63, 3.8) is 0 Å². The van der Waals surface area contributed by atoms with Crippen molar-refractivity contribution in [2.45, 2.75) is 26.3 Å². The first-order chi connectivity index (χ1) is 8.22. The van der Waals surface area contributed by atoms with Crippen LogP contribution in [-0.2, 0) is 11.3 Å². The second-order valence-corrected chi connectivity index (χ2v) is 4.05. The Morgan fingerprint density at radius 3 is 2.53 bits per heavy atom. The van der Waals surface area contributed by atoms with Crippen molar-refractivity contribution in [3.8, 4) is 0 Å². The van der Waals surface area contributed by atoms with E-state index < -0.39 is 0 Å². The fraction of sp³-hybridized carbons (Fsp3) is 0.462. The van der Waals surface area contributed by atoms with Crippen molar-refractivity contribution in [1.29, 1.82) is 0 Å². The van der Waals surface area contributed by atoms with Gasteiger partial charge in [-0.15, -0.1) is 0 Å². The lowest BCUT2D eigenvalue weighted by molar-refractivity contribution is -0.114. The van der Waals surface area contributed by atoms with E-state index in [1.54, 1.807) is 0 Å². The maximum Gasteiger partial charge on any atom is 0.221 e. The summed E-state index contributed by atoms with van der Waals surface area (Å²) < 4.78 is 0. The molecule has 17 heavy (non-hydrogen) atoms. The molecule has 0 radical (unpaired) electrons. The molecule has 0 aromatic heterocycles. The van der Waals surface area contributed by atoms with Crippen molar-refractivity contribution in [2.24, 2.45) is 5.73 Å². The molecule has 0 saturated carbocycles. The van der Waals surface area contributed by atoms with Crippen molar-refractivity contribution in [1.82, 2.24) is 5.32 Å². The molecule has 0 atom stereocenters. The normalized spacial score (nSPS) is 10.2. The van der Waals surface area contributed by atoms with Crippen molar-refractivity contribution in [3.05, 3.63) is 29.8 Å². The van der Waals surface area contributed by atoms with Gasteiger partial charge in [-0.25, -0.2) is 0 Å². The molecule has 4 heteroatoms. The highest BCUT2D eigenvalue weighted by Gasteiger charge is 1.96. The summed E-state index contributed by atoms with van der Waals surface area (Å²) in [4.78, 5) is 10.8. The molecule has 4 N–H and O–H groups in total. The lowest BCUT2D eigenvalue weighted by atomic mass is 10.2. The standard InChI is InChI=1S/C13H21N3O/c1-11(17)16-13-6-4-12(5-7-13)10-15-9-3-2-8-14/h4-7,15H,2-3,8-10,14H2,1H3,(H,16,17). The Hall–Kier alpha value is -1.39. The number of carbonyl (C=O) groups excluding carboxylic acids is 1. The molecule has 0 heterocycles. The predicted octanol–water partition coefficient (Wildman–Crippen LogP) is 1.47. The topological polar surface area (TPSA) is 67.2 Å². The van der Waals surface area contributed by atoms with Gasteiger partial charge in [0.05, 0.1) is 0 Å². The molecule has 0 aliphatic heterocycles. The van der Waals surface area contributed by atoms with E-state index >= 15 is 0 Å². The van der Waals surface area contributed by atoms with Crippen LogP contribution in [0.2, 0.25) is 0 Å². The van der Waals surface area contributed by atoms with Gasteiger partial charge in [0.15, 0.2) is 0 Å². The third kappa shape index (κ3) is 6.04. The second kappa shape index (κ2) is 7.81. The molecule has 0 aliphatic rings. The number of unbranched alkanes of at least 4 members (excludes halogenated alkanes) is 1. The molecular formula is C13H21N3O. The predicted molar refractivity (Wildman–Crippen MR) is 70.7 cm³/mol. The van der Waals surface area contributed by atoms with Crippen LogP contribution in [0.25, 0.3) is 0 Å². The van der Waals surface area contributed by atoms with E-state index in [0.29, 0.717) is 0 Å². The highest BCUT2D eigenvalue weighted by Crippen LogP contribution is 2.09. The molecule has 1 aromatic rings. The second-order valence-electron chi connectivity index (χ2n) is 4.05. The third-order valence-electron chi connectivity index (χ3n) is 2.41. The maximum absolute atomic E-state index is 10.8. The molecule has 0 spiro atoms. The first kappa shape index (κ1) is 13.7. The van der Waals surface area contributed by atoms with Gasteiger partial charge < -0.3 is 16.4 Å². The average Bonchev–Trinajstić information content (AvgIpc) is 2.30. The van der Waals surface area contributed by atoms with Crippen LogP contribution in [0.15, 0.2) is 24.3 Å². The molecule has 1 amide bonds. The van der Waals surface area contributed by atoms with Gasteiger partial charge in [-0.3, -0.25) is 4.79 Å². The van der Waals surface area contributed by atoms with Crippen molar-refractivity contribution < 1.29 is 4.79 Å².